The molecule has 0 bridgehead atoms. The summed E-state index contributed by atoms with van der Waals surface area (Å²) < 4.78 is 0. The summed E-state index contributed by atoms with van der Waals surface area (Å²) in [6.07, 6.45) is 2.84. The van der Waals surface area contributed by atoms with Crippen LogP contribution in [0.1, 0.15) is 37.0 Å². The molecule has 0 radical (unpaired) electrons. The average molecular weight is 254 g/mol. The first-order valence-electron chi connectivity index (χ1n) is 6.97. The third-order valence-corrected chi connectivity index (χ3v) is 3.48. The van der Waals surface area contributed by atoms with Gasteiger partial charge in [-0.25, -0.2) is 0 Å². The van der Waals surface area contributed by atoms with Gasteiger partial charge in [-0.15, -0.1) is 0 Å². The highest BCUT2D eigenvalue weighted by molar-refractivity contribution is 5.30. The molecule has 0 aliphatic carbocycles. The highest BCUT2D eigenvalue weighted by Gasteiger charge is 2.23. The Morgan fingerprint density at radius 1 is 0.947 bits per heavy atom. The summed E-state index contributed by atoms with van der Waals surface area (Å²) in [5.74, 6) is 0. The van der Waals surface area contributed by atoms with Crippen LogP contribution in [0.2, 0.25) is 0 Å². The molecule has 0 aromatic heterocycles. The first-order valence-corrected chi connectivity index (χ1v) is 6.97. The minimum Gasteiger partial charge on any atom is -0.385 e. The maximum atomic E-state index is 10.7. The van der Waals surface area contributed by atoms with Crippen LogP contribution >= 0.6 is 0 Å². The molecule has 1 nitrogen and oxygen atoms in total. The first kappa shape index (κ1) is 13.8. The van der Waals surface area contributed by atoms with E-state index in [0.29, 0.717) is 6.42 Å². The molecule has 2 aromatic rings. The van der Waals surface area contributed by atoms with Crippen LogP contribution in [0.4, 0.5) is 0 Å². The molecule has 2 rings (SSSR count). The molecule has 1 unspecified atom stereocenters. The van der Waals surface area contributed by atoms with Crippen molar-refractivity contribution in [2.24, 2.45) is 0 Å². The van der Waals surface area contributed by atoms with E-state index in [1.54, 1.807) is 0 Å². The lowest BCUT2D eigenvalue weighted by atomic mass is 9.88. The molecule has 0 heterocycles. The summed E-state index contributed by atoms with van der Waals surface area (Å²) >= 11 is 0. The molecule has 1 atom stereocenters. The Morgan fingerprint density at radius 3 is 2.32 bits per heavy atom. The molecule has 1 heteroatoms. The Balaban J connectivity index is 2.21. The smallest absolute Gasteiger partial charge is 0.0908 e. The molecule has 0 saturated heterocycles. The second-order valence-electron chi connectivity index (χ2n) is 5.39. The van der Waals surface area contributed by atoms with Crippen molar-refractivity contribution in [2.75, 3.05) is 0 Å². The monoisotopic (exact) mass is 254 g/mol. The molecule has 0 amide bonds. The fourth-order valence-corrected chi connectivity index (χ4v) is 2.45. The van der Waals surface area contributed by atoms with E-state index in [1.807, 2.05) is 37.3 Å². The second-order valence-corrected chi connectivity index (χ2v) is 5.39. The first-order chi connectivity index (χ1) is 9.12. The van der Waals surface area contributed by atoms with Crippen molar-refractivity contribution in [3.8, 4) is 0 Å². The SMILES string of the molecule is CCCc1cccc(C(C)(O)Cc2ccccc2)c1. The zero-order chi connectivity index (χ0) is 13.7. The Morgan fingerprint density at radius 2 is 1.63 bits per heavy atom. The molecular formula is C18H22O. The van der Waals surface area contributed by atoms with Gasteiger partial charge in [0, 0.05) is 6.42 Å². The Kier molecular flexibility index (Phi) is 4.39. The van der Waals surface area contributed by atoms with Crippen molar-refractivity contribution in [2.45, 2.75) is 38.7 Å². The van der Waals surface area contributed by atoms with Gasteiger partial charge in [-0.3, -0.25) is 0 Å². The van der Waals surface area contributed by atoms with Gasteiger partial charge in [0.25, 0.3) is 0 Å². The van der Waals surface area contributed by atoms with Crippen molar-refractivity contribution in [1.29, 1.82) is 0 Å². The second kappa shape index (κ2) is 6.03. The summed E-state index contributed by atoms with van der Waals surface area (Å²) in [7, 11) is 0. The van der Waals surface area contributed by atoms with Crippen LogP contribution in [0, 0.1) is 0 Å². The summed E-state index contributed by atoms with van der Waals surface area (Å²) in [6.45, 7) is 4.07. The zero-order valence-electron chi connectivity index (χ0n) is 11.8. The van der Waals surface area contributed by atoms with Crippen LogP contribution in [0.3, 0.4) is 0 Å². The zero-order valence-corrected chi connectivity index (χ0v) is 11.8. The van der Waals surface area contributed by atoms with Gasteiger partial charge in [0.2, 0.25) is 0 Å². The van der Waals surface area contributed by atoms with Crippen molar-refractivity contribution in [1.82, 2.24) is 0 Å². The molecular weight excluding hydrogens is 232 g/mol. The van der Waals surface area contributed by atoms with Gasteiger partial charge in [-0.05, 0) is 30.0 Å². The van der Waals surface area contributed by atoms with Gasteiger partial charge < -0.3 is 5.11 Å². The van der Waals surface area contributed by atoms with E-state index in [2.05, 4.69) is 31.2 Å². The lowest BCUT2D eigenvalue weighted by molar-refractivity contribution is 0.0575. The molecule has 2 aromatic carbocycles. The highest BCUT2D eigenvalue weighted by atomic mass is 16.3. The van der Waals surface area contributed by atoms with E-state index in [1.165, 1.54) is 5.56 Å². The Labute approximate surface area is 115 Å². The third-order valence-electron chi connectivity index (χ3n) is 3.48. The van der Waals surface area contributed by atoms with Crippen LogP contribution < -0.4 is 0 Å². The average Bonchev–Trinajstić information content (AvgIpc) is 2.40. The number of hydrogen-bond acceptors (Lipinski definition) is 1. The lowest BCUT2D eigenvalue weighted by Gasteiger charge is -2.24. The van der Waals surface area contributed by atoms with Gasteiger partial charge in [0.1, 0.15) is 0 Å². The molecule has 0 fully saturated rings. The van der Waals surface area contributed by atoms with E-state index in [9.17, 15) is 5.11 Å². The number of benzene rings is 2. The van der Waals surface area contributed by atoms with Gasteiger partial charge in [0.15, 0.2) is 0 Å². The lowest BCUT2D eigenvalue weighted by Crippen LogP contribution is -2.24. The molecule has 100 valence electrons. The van der Waals surface area contributed by atoms with Crippen molar-refractivity contribution >= 4 is 0 Å². The Hall–Kier alpha value is -1.60. The summed E-state index contributed by atoms with van der Waals surface area (Å²) in [4.78, 5) is 0. The van der Waals surface area contributed by atoms with E-state index in [4.69, 9.17) is 0 Å². The fraction of sp³-hybridized carbons (Fsp3) is 0.333. The van der Waals surface area contributed by atoms with Crippen molar-refractivity contribution < 1.29 is 5.11 Å². The minimum absolute atomic E-state index is 0.642. The number of aliphatic hydroxyl groups is 1. The van der Waals surface area contributed by atoms with E-state index in [-0.39, 0.29) is 0 Å². The standard InChI is InChI=1S/C18H22O/c1-3-8-15-11-7-12-17(13-15)18(2,19)14-16-9-5-4-6-10-16/h4-7,9-13,19H,3,8,14H2,1-2H3. The van der Waals surface area contributed by atoms with Crippen LogP contribution in [0.15, 0.2) is 54.6 Å². The van der Waals surface area contributed by atoms with Crippen LogP contribution in [-0.4, -0.2) is 5.11 Å². The number of aryl methyl sites for hydroxylation is 1. The molecule has 0 aliphatic heterocycles. The summed E-state index contributed by atoms with van der Waals surface area (Å²) in [5, 5.41) is 10.7. The van der Waals surface area contributed by atoms with Gasteiger partial charge in [-0.1, -0.05) is 67.9 Å². The predicted octanol–water partition coefficient (Wildman–Crippen LogP) is 4.09. The van der Waals surface area contributed by atoms with Crippen molar-refractivity contribution in [3.63, 3.8) is 0 Å². The van der Waals surface area contributed by atoms with Gasteiger partial charge >= 0.3 is 0 Å². The number of hydrogen-bond donors (Lipinski definition) is 1. The minimum atomic E-state index is -0.814. The predicted molar refractivity (Wildman–Crippen MR) is 80.2 cm³/mol. The van der Waals surface area contributed by atoms with Crippen LogP contribution in [0.25, 0.3) is 0 Å². The molecule has 1 N–H and O–H groups in total. The highest BCUT2D eigenvalue weighted by Crippen LogP contribution is 2.26. The maximum absolute atomic E-state index is 10.7. The normalized spacial score (nSPS) is 14.1. The molecule has 0 aliphatic rings. The topological polar surface area (TPSA) is 20.2 Å². The van der Waals surface area contributed by atoms with E-state index >= 15 is 0 Å². The quantitative estimate of drug-likeness (QED) is 0.852. The Bertz CT molecular complexity index is 514. The summed E-state index contributed by atoms with van der Waals surface area (Å²) in [5.41, 5.74) is 2.65. The van der Waals surface area contributed by atoms with E-state index in [0.717, 1.165) is 24.0 Å². The van der Waals surface area contributed by atoms with Crippen LogP contribution in [0.5, 0.6) is 0 Å². The molecule has 19 heavy (non-hydrogen) atoms. The van der Waals surface area contributed by atoms with Gasteiger partial charge in [0.05, 0.1) is 5.60 Å². The molecule has 0 saturated carbocycles. The largest absolute Gasteiger partial charge is 0.385 e. The summed E-state index contributed by atoms with van der Waals surface area (Å²) in [6, 6.07) is 18.5. The van der Waals surface area contributed by atoms with Crippen molar-refractivity contribution in [3.05, 3.63) is 71.3 Å². The molecule has 0 spiro atoms. The van der Waals surface area contributed by atoms with Crippen LogP contribution in [-0.2, 0) is 18.4 Å². The maximum Gasteiger partial charge on any atom is 0.0908 e. The van der Waals surface area contributed by atoms with Gasteiger partial charge in [-0.2, -0.15) is 0 Å². The number of rotatable bonds is 5. The van der Waals surface area contributed by atoms with E-state index < -0.39 is 5.60 Å². The fourth-order valence-electron chi connectivity index (χ4n) is 2.45. The third kappa shape index (κ3) is 3.68.